The quantitative estimate of drug-likeness (QED) is 0.824. The van der Waals surface area contributed by atoms with E-state index in [1.807, 2.05) is 27.7 Å². The Morgan fingerprint density at radius 1 is 1.28 bits per heavy atom. The van der Waals surface area contributed by atoms with E-state index >= 15 is 0 Å². The summed E-state index contributed by atoms with van der Waals surface area (Å²) < 4.78 is 6.45. The average molecular weight is 348 g/mol. The summed E-state index contributed by atoms with van der Waals surface area (Å²) in [4.78, 5) is 40.8. The maximum Gasteiger partial charge on any atom is 0.330 e. The average Bonchev–Trinajstić information content (AvgIpc) is 3.03. The van der Waals surface area contributed by atoms with Gasteiger partial charge in [0.1, 0.15) is 5.82 Å². The number of anilines is 2. The molecule has 0 aromatic carbocycles. The molecule has 25 heavy (non-hydrogen) atoms. The fourth-order valence-electron chi connectivity index (χ4n) is 2.56. The van der Waals surface area contributed by atoms with Crippen molar-refractivity contribution in [1.82, 2.24) is 9.55 Å². The predicted octanol–water partition coefficient (Wildman–Crippen LogP) is 1.67. The first-order valence-corrected chi connectivity index (χ1v) is 8.20. The second-order valence-corrected chi connectivity index (χ2v) is 6.78. The molecule has 0 saturated carbocycles. The number of aromatic nitrogens is 2. The molecule has 0 saturated heterocycles. The van der Waals surface area contributed by atoms with Gasteiger partial charge in [-0.2, -0.15) is 0 Å². The van der Waals surface area contributed by atoms with Crippen molar-refractivity contribution in [2.45, 2.75) is 34.2 Å². The number of carbonyl (C=O) groups excluding carboxylic acids is 1. The molecular formula is C17H24N4O4. The third-order valence-electron chi connectivity index (χ3n) is 3.56. The number of rotatable bonds is 6. The highest BCUT2D eigenvalue weighted by molar-refractivity contribution is 6.05. The first-order chi connectivity index (χ1) is 11.7. The van der Waals surface area contributed by atoms with E-state index in [1.54, 1.807) is 6.07 Å². The number of nitrogens with zero attached hydrogens (tertiary/aromatic N) is 2. The van der Waals surface area contributed by atoms with Crippen LogP contribution in [0.3, 0.4) is 0 Å². The van der Waals surface area contributed by atoms with Crippen LogP contribution in [0, 0.1) is 11.8 Å². The molecule has 0 radical (unpaired) electrons. The van der Waals surface area contributed by atoms with Crippen LogP contribution in [-0.2, 0) is 6.54 Å². The number of furan rings is 1. The van der Waals surface area contributed by atoms with E-state index in [0.717, 1.165) is 0 Å². The Labute approximate surface area is 145 Å². The zero-order valence-electron chi connectivity index (χ0n) is 14.9. The summed E-state index contributed by atoms with van der Waals surface area (Å²) in [5, 5.41) is 0. The van der Waals surface area contributed by atoms with Gasteiger partial charge in [-0.3, -0.25) is 24.0 Å². The molecule has 0 bridgehead atoms. The molecular weight excluding hydrogens is 324 g/mol. The summed E-state index contributed by atoms with van der Waals surface area (Å²) in [5.41, 5.74) is 4.81. The van der Waals surface area contributed by atoms with Crippen molar-refractivity contribution in [3.8, 4) is 0 Å². The van der Waals surface area contributed by atoms with Gasteiger partial charge in [-0.1, -0.05) is 27.7 Å². The Kier molecular flexibility index (Phi) is 5.51. The predicted molar refractivity (Wildman–Crippen MR) is 95.8 cm³/mol. The highest BCUT2D eigenvalue weighted by Gasteiger charge is 2.27. The van der Waals surface area contributed by atoms with Crippen molar-refractivity contribution >= 4 is 17.4 Å². The molecule has 0 aliphatic carbocycles. The van der Waals surface area contributed by atoms with E-state index in [9.17, 15) is 14.4 Å². The van der Waals surface area contributed by atoms with Crippen LogP contribution in [0.1, 0.15) is 38.2 Å². The number of amides is 1. The Bertz CT molecular complexity index is 847. The van der Waals surface area contributed by atoms with E-state index < -0.39 is 17.2 Å². The monoisotopic (exact) mass is 348 g/mol. The summed E-state index contributed by atoms with van der Waals surface area (Å²) >= 11 is 0. The molecule has 0 spiro atoms. The van der Waals surface area contributed by atoms with Gasteiger partial charge >= 0.3 is 5.69 Å². The van der Waals surface area contributed by atoms with Crippen molar-refractivity contribution in [2.24, 2.45) is 11.8 Å². The van der Waals surface area contributed by atoms with E-state index in [-0.39, 0.29) is 35.6 Å². The number of H-pyrrole nitrogens is 1. The highest BCUT2D eigenvalue weighted by atomic mass is 16.3. The number of aromatic amines is 1. The SMILES string of the molecule is CC(C)CN(C(=O)c1ccco1)c1c(N)n(CC(C)C)c(=O)[nH]c1=O. The van der Waals surface area contributed by atoms with Crippen LogP contribution in [0.15, 0.2) is 32.4 Å². The van der Waals surface area contributed by atoms with Crippen LogP contribution in [0.25, 0.3) is 0 Å². The molecule has 2 aromatic heterocycles. The minimum Gasteiger partial charge on any atom is -0.459 e. The van der Waals surface area contributed by atoms with Gasteiger partial charge < -0.3 is 10.2 Å². The second-order valence-electron chi connectivity index (χ2n) is 6.78. The highest BCUT2D eigenvalue weighted by Crippen LogP contribution is 2.21. The Hall–Kier alpha value is -2.77. The Balaban J connectivity index is 2.62. The summed E-state index contributed by atoms with van der Waals surface area (Å²) in [5.74, 6) is -0.198. The lowest BCUT2D eigenvalue weighted by molar-refractivity contribution is 0.0956. The van der Waals surface area contributed by atoms with Gasteiger partial charge in [0.05, 0.1) is 6.26 Å². The van der Waals surface area contributed by atoms with E-state index in [2.05, 4.69) is 4.98 Å². The number of hydrogen-bond acceptors (Lipinski definition) is 5. The van der Waals surface area contributed by atoms with Gasteiger partial charge in [0.2, 0.25) is 0 Å². The molecule has 1 amide bonds. The largest absolute Gasteiger partial charge is 0.459 e. The number of nitrogens with two attached hydrogens (primary N) is 1. The second kappa shape index (κ2) is 7.42. The molecule has 0 aliphatic heterocycles. The lowest BCUT2D eigenvalue weighted by Gasteiger charge is -2.25. The van der Waals surface area contributed by atoms with Crippen molar-refractivity contribution < 1.29 is 9.21 Å². The van der Waals surface area contributed by atoms with Crippen molar-refractivity contribution in [1.29, 1.82) is 0 Å². The van der Waals surface area contributed by atoms with Crippen molar-refractivity contribution in [2.75, 3.05) is 17.2 Å². The maximum absolute atomic E-state index is 12.8. The molecule has 0 atom stereocenters. The molecule has 8 heteroatoms. The van der Waals surface area contributed by atoms with Gasteiger partial charge in [0.15, 0.2) is 11.4 Å². The molecule has 0 aliphatic rings. The van der Waals surface area contributed by atoms with Gasteiger partial charge in [-0.25, -0.2) is 4.79 Å². The van der Waals surface area contributed by atoms with E-state index in [1.165, 1.54) is 21.8 Å². The first kappa shape index (κ1) is 18.6. The summed E-state index contributed by atoms with van der Waals surface area (Å²) in [6, 6.07) is 3.11. The van der Waals surface area contributed by atoms with E-state index in [0.29, 0.717) is 6.54 Å². The summed E-state index contributed by atoms with van der Waals surface area (Å²) in [7, 11) is 0. The molecule has 8 nitrogen and oxygen atoms in total. The van der Waals surface area contributed by atoms with Crippen molar-refractivity contribution in [3.63, 3.8) is 0 Å². The van der Waals surface area contributed by atoms with Gasteiger partial charge in [-0.15, -0.1) is 0 Å². The zero-order chi connectivity index (χ0) is 18.7. The number of nitrogens with one attached hydrogen (secondary N) is 1. The van der Waals surface area contributed by atoms with Gasteiger partial charge in [0.25, 0.3) is 11.5 Å². The fraction of sp³-hybridized carbons (Fsp3) is 0.471. The Morgan fingerprint density at radius 2 is 1.96 bits per heavy atom. The number of hydrogen-bond donors (Lipinski definition) is 2. The summed E-state index contributed by atoms with van der Waals surface area (Å²) in [6.45, 7) is 8.27. The third-order valence-corrected chi connectivity index (χ3v) is 3.56. The number of nitrogen functional groups attached to an aromatic ring is 1. The molecule has 2 rings (SSSR count). The molecule has 136 valence electrons. The smallest absolute Gasteiger partial charge is 0.330 e. The van der Waals surface area contributed by atoms with Crippen LogP contribution in [0.2, 0.25) is 0 Å². The van der Waals surface area contributed by atoms with Crippen LogP contribution < -0.4 is 21.9 Å². The summed E-state index contributed by atoms with van der Waals surface area (Å²) in [6.07, 6.45) is 1.38. The van der Waals surface area contributed by atoms with Crippen LogP contribution >= 0.6 is 0 Å². The standard InChI is InChI=1S/C17H24N4O4/c1-10(2)8-20(16(23)12-6-5-7-25-12)13-14(18)21(9-11(3)4)17(24)19-15(13)22/h5-7,10-11H,8-9,18H2,1-4H3,(H,19,22,24). The van der Waals surface area contributed by atoms with Crippen molar-refractivity contribution in [3.05, 3.63) is 45.0 Å². The van der Waals surface area contributed by atoms with Crippen LogP contribution in [0.5, 0.6) is 0 Å². The van der Waals surface area contributed by atoms with Crippen LogP contribution in [0.4, 0.5) is 11.5 Å². The Morgan fingerprint density at radius 3 is 2.48 bits per heavy atom. The molecule has 2 aromatic rings. The lowest BCUT2D eigenvalue weighted by atomic mass is 10.2. The molecule has 0 unspecified atom stereocenters. The maximum atomic E-state index is 12.8. The van der Waals surface area contributed by atoms with Gasteiger partial charge in [-0.05, 0) is 24.0 Å². The lowest BCUT2D eigenvalue weighted by Crippen LogP contribution is -2.43. The molecule has 2 heterocycles. The normalized spacial score (nSPS) is 11.3. The van der Waals surface area contributed by atoms with E-state index in [4.69, 9.17) is 10.2 Å². The van der Waals surface area contributed by atoms with Crippen LogP contribution in [-0.4, -0.2) is 22.0 Å². The third kappa shape index (κ3) is 4.01. The minimum absolute atomic E-state index is 0.0250. The fourth-order valence-corrected chi connectivity index (χ4v) is 2.56. The topological polar surface area (TPSA) is 114 Å². The van der Waals surface area contributed by atoms with Gasteiger partial charge in [0, 0.05) is 13.1 Å². The molecule has 3 N–H and O–H groups in total. The number of carbonyl (C=O) groups is 1. The molecule has 0 fully saturated rings. The first-order valence-electron chi connectivity index (χ1n) is 8.20. The minimum atomic E-state index is -0.692. The zero-order valence-corrected chi connectivity index (χ0v) is 14.9.